The van der Waals surface area contributed by atoms with Crippen LogP contribution in [0.2, 0.25) is 0 Å². The summed E-state index contributed by atoms with van der Waals surface area (Å²) in [5.74, 6) is 2.46. The molecule has 1 unspecified atom stereocenters. The van der Waals surface area contributed by atoms with Crippen LogP contribution in [0.4, 0.5) is 5.82 Å². The highest BCUT2D eigenvalue weighted by Crippen LogP contribution is 2.35. The number of hydrogen-bond donors (Lipinski definition) is 1. The third-order valence-electron chi connectivity index (χ3n) is 5.70. The first kappa shape index (κ1) is 18.5. The van der Waals surface area contributed by atoms with E-state index in [9.17, 15) is 0 Å². The molecule has 0 spiro atoms. The van der Waals surface area contributed by atoms with Gasteiger partial charge in [0.15, 0.2) is 0 Å². The van der Waals surface area contributed by atoms with Gasteiger partial charge in [-0.3, -0.25) is 0 Å². The number of nitrogens with one attached hydrogen (secondary N) is 1. The van der Waals surface area contributed by atoms with Gasteiger partial charge in [0, 0.05) is 19.2 Å². The van der Waals surface area contributed by atoms with Crippen LogP contribution in [0.5, 0.6) is 5.75 Å². The number of nitrogens with zero attached hydrogens (tertiary/aromatic N) is 1. The molecule has 0 aliphatic heterocycles. The normalized spacial score (nSPS) is 15.3. The quantitative estimate of drug-likeness (QED) is 0.630. The fraction of sp³-hybridized carbons (Fsp3) is 0.320. The van der Waals surface area contributed by atoms with E-state index >= 15 is 0 Å². The lowest BCUT2D eigenvalue weighted by Crippen LogP contribution is -2.05. The van der Waals surface area contributed by atoms with Gasteiger partial charge in [-0.05, 0) is 71.7 Å². The van der Waals surface area contributed by atoms with Gasteiger partial charge in [-0.25, -0.2) is 4.98 Å². The molecule has 1 aromatic heterocycles. The van der Waals surface area contributed by atoms with Crippen LogP contribution in [0.3, 0.4) is 0 Å². The molecule has 1 N–H and O–H groups in total. The fourth-order valence-electron chi connectivity index (χ4n) is 4.13. The lowest BCUT2D eigenvalue weighted by atomic mass is 9.89. The number of pyridine rings is 1. The van der Waals surface area contributed by atoms with Crippen molar-refractivity contribution in [1.29, 1.82) is 0 Å². The Labute approximate surface area is 167 Å². The summed E-state index contributed by atoms with van der Waals surface area (Å²) in [5, 5.41) is 3.08. The second kappa shape index (κ2) is 8.47. The Morgan fingerprint density at radius 2 is 1.89 bits per heavy atom. The Bertz CT molecular complexity index is 951. The monoisotopic (exact) mass is 372 g/mol. The third-order valence-corrected chi connectivity index (χ3v) is 5.70. The highest BCUT2D eigenvalue weighted by atomic mass is 16.5. The summed E-state index contributed by atoms with van der Waals surface area (Å²) in [7, 11) is 1.89. The summed E-state index contributed by atoms with van der Waals surface area (Å²) >= 11 is 0. The maximum Gasteiger partial charge on any atom is 0.125 e. The smallest absolute Gasteiger partial charge is 0.125 e. The second-order valence-corrected chi connectivity index (χ2v) is 7.48. The Hall–Kier alpha value is -2.81. The zero-order valence-electron chi connectivity index (χ0n) is 16.7. The number of aromatic nitrogens is 1. The summed E-state index contributed by atoms with van der Waals surface area (Å²) in [6.07, 6.45) is 4.08. The number of fused-ring (bicyclic) bond motifs is 2. The highest BCUT2D eigenvalue weighted by Gasteiger charge is 2.20. The van der Waals surface area contributed by atoms with Gasteiger partial charge in [0.05, 0.1) is 6.61 Å². The lowest BCUT2D eigenvalue weighted by molar-refractivity contribution is 0.320. The predicted molar refractivity (Wildman–Crippen MR) is 115 cm³/mol. The molecule has 0 fully saturated rings. The SMILES string of the molecule is CCC1Cc2ccc(OCCc3cccc(NC)n3)cc2Cc2ccccc21. The van der Waals surface area contributed by atoms with E-state index in [1.165, 1.54) is 28.7 Å². The van der Waals surface area contributed by atoms with E-state index in [0.717, 1.165) is 36.5 Å². The van der Waals surface area contributed by atoms with Gasteiger partial charge in [0.2, 0.25) is 0 Å². The number of ether oxygens (including phenoxy) is 1. The molecular formula is C25H28N2O. The van der Waals surface area contributed by atoms with Crippen molar-refractivity contribution in [1.82, 2.24) is 4.98 Å². The van der Waals surface area contributed by atoms with Crippen LogP contribution in [0.1, 0.15) is 47.2 Å². The molecule has 1 atom stereocenters. The van der Waals surface area contributed by atoms with E-state index in [-0.39, 0.29) is 0 Å². The van der Waals surface area contributed by atoms with E-state index in [1.54, 1.807) is 0 Å². The van der Waals surface area contributed by atoms with Gasteiger partial charge in [-0.15, -0.1) is 0 Å². The largest absolute Gasteiger partial charge is 0.493 e. The summed E-state index contributed by atoms with van der Waals surface area (Å²) in [6.45, 7) is 2.92. The Morgan fingerprint density at radius 3 is 2.75 bits per heavy atom. The molecular weight excluding hydrogens is 344 g/mol. The van der Waals surface area contributed by atoms with Crippen molar-refractivity contribution in [2.45, 2.75) is 38.5 Å². The topological polar surface area (TPSA) is 34.1 Å². The summed E-state index contributed by atoms with van der Waals surface area (Å²) in [5.41, 5.74) is 6.87. The zero-order valence-corrected chi connectivity index (χ0v) is 16.7. The average molecular weight is 373 g/mol. The van der Waals surface area contributed by atoms with Crippen LogP contribution < -0.4 is 10.1 Å². The van der Waals surface area contributed by atoms with Gasteiger partial charge in [0.1, 0.15) is 11.6 Å². The zero-order chi connectivity index (χ0) is 19.3. The molecule has 3 heteroatoms. The minimum Gasteiger partial charge on any atom is -0.493 e. The van der Waals surface area contributed by atoms with Crippen LogP contribution in [-0.4, -0.2) is 18.6 Å². The number of anilines is 1. The number of benzene rings is 2. The fourth-order valence-corrected chi connectivity index (χ4v) is 4.13. The highest BCUT2D eigenvalue weighted by molar-refractivity contribution is 5.45. The molecule has 2 aromatic carbocycles. The molecule has 144 valence electrons. The molecule has 3 aromatic rings. The van der Waals surface area contributed by atoms with Crippen molar-refractivity contribution < 1.29 is 4.74 Å². The number of rotatable bonds is 6. The molecule has 0 saturated carbocycles. The Balaban J connectivity index is 1.48. The van der Waals surface area contributed by atoms with Crippen LogP contribution in [0, 0.1) is 0 Å². The molecule has 0 bridgehead atoms. The van der Waals surface area contributed by atoms with Crippen molar-refractivity contribution in [3.05, 3.63) is 88.6 Å². The molecule has 1 aliphatic carbocycles. The number of hydrogen-bond acceptors (Lipinski definition) is 3. The van der Waals surface area contributed by atoms with Crippen molar-refractivity contribution >= 4 is 5.82 Å². The molecule has 1 heterocycles. The summed E-state index contributed by atoms with van der Waals surface area (Å²) < 4.78 is 6.07. The van der Waals surface area contributed by atoms with E-state index in [4.69, 9.17) is 4.74 Å². The first-order valence-electron chi connectivity index (χ1n) is 10.2. The van der Waals surface area contributed by atoms with Crippen LogP contribution in [0.15, 0.2) is 60.7 Å². The molecule has 1 aliphatic rings. The minimum absolute atomic E-state index is 0.606. The standard InChI is InChI=1S/C25H28N2O/c1-3-18-15-19-11-12-23(17-21(19)16-20-7-4-5-9-24(18)20)28-14-13-22-8-6-10-25(26-2)27-22/h4-12,17-18H,3,13-16H2,1-2H3,(H,26,27). The Morgan fingerprint density at radius 1 is 1.00 bits per heavy atom. The molecule has 0 amide bonds. The van der Waals surface area contributed by atoms with Gasteiger partial charge < -0.3 is 10.1 Å². The van der Waals surface area contributed by atoms with E-state index in [2.05, 4.69) is 59.7 Å². The van der Waals surface area contributed by atoms with Crippen LogP contribution in [0.25, 0.3) is 0 Å². The van der Waals surface area contributed by atoms with Crippen molar-refractivity contribution in [2.75, 3.05) is 19.0 Å². The minimum atomic E-state index is 0.606. The van der Waals surface area contributed by atoms with Crippen LogP contribution in [-0.2, 0) is 19.3 Å². The van der Waals surface area contributed by atoms with Crippen molar-refractivity contribution in [3.8, 4) is 5.75 Å². The first-order chi connectivity index (χ1) is 13.8. The molecule has 4 rings (SSSR count). The van der Waals surface area contributed by atoms with E-state index in [1.807, 2.05) is 25.2 Å². The molecule has 28 heavy (non-hydrogen) atoms. The van der Waals surface area contributed by atoms with E-state index < -0.39 is 0 Å². The third kappa shape index (κ3) is 4.04. The summed E-state index contributed by atoms with van der Waals surface area (Å²) in [4.78, 5) is 4.56. The predicted octanol–water partition coefficient (Wildman–Crippen LogP) is 5.39. The van der Waals surface area contributed by atoms with Gasteiger partial charge in [-0.2, -0.15) is 0 Å². The summed E-state index contributed by atoms with van der Waals surface area (Å²) in [6, 6.07) is 21.6. The van der Waals surface area contributed by atoms with Crippen molar-refractivity contribution in [3.63, 3.8) is 0 Å². The van der Waals surface area contributed by atoms with E-state index in [0.29, 0.717) is 12.5 Å². The van der Waals surface area contributed by atoms with Gasteiger partial charge in [0.25, 0.3) is 0 Å². The molecule has 0 radical (unpaired) electrons. The van der Waals surface area contributed by atoms with Crippen molar-refractivity contribution in [2.24, 2.45) is 0 Å². The molecule has 0 saturated heterocycles. The van der Waals surface area contributed by atoms with Crippen LogP contribution >= 0.6 is 0 Å². The average Bonchev–Trinajstić information content (AvgIpc) is 2.90. The maximum absolute atomic E-state index is 6.07. The molecule has 3 nitrogen and oxygen atoms in total. The lowest BCUT2D eigenvalue weighted by Gasteiger charge is -2.15. The second-order valence-electron chi connectivity index (χ2n) is 7.48. The maximum atomic E-state index is 6.07. The van der Waals surface area contributed by atoms with Gasteiger partial charge in [-0.1, -0.05) is 43.3 Å². The Kier molecular flexibility index (Phi) is 5.61. The van der Waals surface area contributed by atoms with Gasteiger partial charge >= 0.3 is 0 Å². The first-order valence-corrected chi connectivity index (χ1v) is 10.2.